The van der Waals surface area contributed by atoms with Gasteiger partial charge in [0, 0.05) is 19.1 Å². The lowest BCUT2D eigenvalue weighted by Gasteiger charge is -2.26. The van der Waals surface area contributed by atoms with Crippen LogP contribution in [-0.2, 0) is 0 Å². The SMILES string of the molecule is NCC1CCCN1c1c(F)c(F)c(F)c(F)c1F. The molecular formula is C11H11F5N2. The topological polar surface area (TPSA) is 29.3 Å². The number of halogens is 5. The predicted molar refractivity (Wildman–Crippen MR) is 55.7 cm³/mol. The summed E-state index contributed by atoms with van der Waals surface area (Å²) in [7, 11) is 0. The molecule has 7 heteroatoms. The van der Waals surface area contributed by atoms with Crippen LogP contribution in [0.25, 0.3) is 0 Å². The Morgan fingerprint density at radius 3 is 1.94 bits per heavy atom. The highest BCUT2D eigenvalue weighted by atomic mass is 19.2. The van der Waals surface area contributed by atoms with Gasteiger partial charge in [-0.15, -0.1) is 0 Å². The fraction of sp³-hybridized carbons (Fsp3) is 0.455. The number of anilines is 1. The highest BCUT2D eigenvalue weighted by Gasteiger charge is 2.33. The van der Waals surface area contributed by atoms with Crippen LogP contribution in [0.3, 0.4) is 0 Å². The average molecular weight is 266 g/mol. The largest absolute Gasteiger partial charge is 0.362 e. The zero-order chi connectivity index (χ0) is 13.4. The minimum atomic E-state index is -2.14. The van der Waals surface area contributed by atoms with Crippen molar-refractivity contribution in [3.8, 4) is 0 Å². The van der Waals surface area contributed by atoms with Gasteiger partial charge in [0.15, 0.2) is 23.3 Å². The minimum absolute atomic E-state index is 0.0967. The Hall–Kier alpha value is -1.37. The number of rotatable bonds is 2. The normalized spacial score (nSPS) is 19.7. The van der Waals surface area contributed by atoms with E-state index in [1.807, 2.05) is 0 Å². The number of nitrogens with two attached hydrogens (primary N) is 1. The first-order valence-corrected chi connectivity index (χ1v) is 5.47. The van der Waals surface area contributed by atoms with Gasteiger partial charge in [-0.3, -0.25) is 0 Å². The lowest BCUT2D eigenvalue weighted by atomic mass is 10.2. The molecule has 1 aromatic rings. The van der Waals surface area contributed by atoms with Crippen molar-refractivity contribution in [3.05, 3.63) is 29.1 Å². The van der Waals surface area contributed by atoms with Crippen LogP contribution in [-0.4, -0.2) is 19.1 Å². The zero-order valence-corrected chi connectivity index (χ0v) is 9.32. The summed E-state index contributed by atoms with van der Waals surface area (Å²) in [6, 6.07) is -0.404. The van der Waals surface area contributed by atoms with Crippen LogP contribution < -0.4 is 10.6 Å². The Balaban J connectivity index is 2.57. The number of nitrogens with zero attached hydrogens (tertiary/aromatic N) is 1. The zero-order valence-electron chi connectivity index (χ0n) is 9.32. The van der Waals surface area contributed by atoms with E-state index < -0.39 is 40.8 Å². The molecule has 1 unspecified atom stereocenters. The summed E-state index contributed by atoms with van der Waals surface area (Å²) < 4.78 is 66.2. The molecule has 1 saturated heterocycles. The maximum Gasteiger partial charge on any atom is 0.200 e. The molecule has 2 rings (SSSR count). The van der Waals surface area contributed by atoms with Crippen molar-refractivity contribution in [1.29, 1.82) is 0 Å². The number of hydrogen-bond acceptors (Lipinski definition) is 2. The van der Waals surface area contributed by atoms with Gasteiger partial charge in [-0.1, -0.05) is 0 Å². The first-order chi connectivity index (χ1) is 8.49. The highest BCUT2D eigenvalue weighted by molar-refractivity contribution is 5.52. The van der Waals surface area contributed by atoms with Crippen LogP contribution in [0.15, 0.2) is 0 Å². The van der Waals surface area contributed by atoms with E-state index in [0.29, 0.717) is 12.8 Å². The van der Waals surface area contributed by atoms with Gasteiger partial charge in [-0.25, -0.2) is 22.0 Å². The summed E-state index contributed by atoms with van der Waals surface area (Å²) in [5.74, 6) is -9.59. The van der Waals surface area contributed by atoms with Gasteiger partial charge in [0.05, 0.1) is 0 Å². The van der Waals surface area contributed by atoms with E-state index in [0.717, 1.165) is 4.90 Å². The van der Waals surface area contributed by atoms with Gasteiger partial charge in [-0.05, 0) is 12.8 Å². The van der Waals surface area contributed by atoms with Crippen molar-refractivity contribution in [3.63, 3.8) is 0 Å². The first kappa shape index (κ1) is 13.1. The molecule has 0 spiro atoms. The van der Waals surface area contributed by atoms with E-state index in [1.54, 1.807) is 0 Å². The van der Waals surface area contributed by atoms with Crippen LogP contribution in [0.4, 0.5) is 27.6 Å². The molecule has 0 aromatic heterocycles. The Kier molecular flexibility index (Phi) is 3.43. The summed E-state index contributed by atoms with van der Waals surface area (Å²) in [6.07, 6.45) is 1.16. The Labute approximate surface area is 100 Å². The molecule has 2 nitrogen and oxygen atoms in total. The van der Waals surface area contributed by atoms with E-state index in [-0.39, 0.29) is 13.1 Å². The standard InChI is InChI=1S/C11H11F5N2/c12-6-7(13)9(15)11(10(16)8(6)14)18-3-1-2-5(18)4-17/h5H,1-4,17H2. The highest BCUT2D eigenvalue weighted by Crippen LogP contribution is 2.34. The molecule has 0 aliphatic carbocycles. The second-order valence-corrected chi connectivity index (χ2v) is 4.14. The van der Waals surface area contributed by atoms with E-state index >= 15 is 0 Å². The number of hydrogen-bond donors (Lipinski definition) is 1. The predicted octanol–water partition coefficient (Wildman–Crippen LogP) is 2.31. The molecule has 1 heterocycles. The molecule has 18 heavy (non-hydrogen) atoms. The molecule has 1 aliphatic rings. The third kappa shape index (κ3) is 1.82. The van der Waals surface area contributed by atoms with Crippen molar-refractivity contribution in [1.82, 2.24) is 0 Å². The molecular weight excluding hydrogens is 255 g/mol. The van der Waals surface area contributed by atoms with Gasteiger partial charge in [0.25, 0.3) is 0 Å². The fourth-order valence-corrected chi connectivity index (χ4v) is 2.22. The molecule has 0 amide bonds. The maximum absolute atomic E-state index is 13.6. The second-order valence-electron chi connectivity index (χ2n) is 4.14. The minimum Gasteiger partial charge on any atom is -0.362 e. The van der Waals surface area contributed by atoms with Gasteiger partial charge in [0.1, 0.15) is 5.69 Å². The molecule has 0 bridgehead atoms. The van der Waals surface area contributed by atoms with Crippen molar-refractivity contribution in [2.24, 2.45) is 5.73 Å². The molecule has 0 radical (unpaired) electrons. The summed E-state index contributed by atoms with van der Waals surface area (Å²) in [5, 5.41) is 0. The molecule has 1 aromatic carbocycles. The summed E-state index contributed by atoms with van der Waals surface area (Å²) >= 11 is 0. The van der Waals surface area contributed by atoms with E-state index in [4.69, 9.17) is 5.73 Å². The Morgan fingerprint density at radius 2 is 1.44 bits per heavy atom. The molecule has 100 valence electrons. The molecule has 1 atom stereocenters. The Bertz CT molecular complexity index is 448. The van der Waals surface area contributed by atoms with Crippen molar-refractivity contribution in [2.75, 3.05) is 18.0 Å². The second kappa shape index (κ2) is 4.72. The maximum atomic E-state index is 13.6. The summed E-state index contributed by atoms with van der Waals surface area (Å²) in [5.41, 5.74) is 4.54. The average Bonchev–Trinajstić information content (AvgIpc) is 2.82. The lowest BCUT2D eigenvalue weighted by Crippen LogP contribution is -2.37. The van der Waals surface area contributed by atoms with Gasteiger partial charge >= 0.3 is 0 Å². The van der Waals surface area contributed by atoms with Crippen molar-refractivity contribution in [2.45, 2.75) is 18.9 Å². The monoisotopic (exact) mass is 266 g/mol. The molecule has 1 aliphatic heterocycles. The smallest absolute Gasteiger partial charge is 0.200 e. The molecule has 2 N–H and O–H groups in total. The fourth-order valence-electron chi connectivity index (χ4n) is 2.22. The number of benzene rings is 1. The third-order valence-electron chi connectivity index (χ3n) is 3.12. The quantitative estimate of drug-likeness (QED) is 0.505. The van der Waals surface area contributed by atoms with Crippen LogP contribution in [0, 0.1) is 29.1 Å². The van der Waals surface area contributed by atoms with Crippen LogP contribution in [0.1, 0.15) is 12.8 Å². The van der Waals surface area contributed by atoms with E-state index in [9.17, 15) is 22.0 Å². The summed E-state index contributed by atoms with van der Waals surface area (Å²) in [6.45, 7) is 0.319. The van der Waals surface area contributed by atoms with Crippen molar-refractivity contribution < 1.29 is 22.0 Å². The van der Waals surface area contributed by atoms with Crippen LogP contribution in [0.2, 0.25) is 0 Å². The van der Waals surface area contributed by atoms with Gasteiger partial charge < -0.3 is 10.6 Å². The summed E-state index contributed by atoms with van der Waals surface area (Å²) in [4.78, 5) is 1.15. The molecule has 1 fully saturated rings. The molecule has 0 saturated carbocycles. The van der Waals surface area contributed by atoms with Crippen LogP contribution in [0.5, 0.6) is 0 Å². The van der Waals surface area contributed by atoms with Crippen molar-refractivity contribution >= 4 is 5.69 Å². The van der Waals surface area contributed by atoms with Gasteiger partial charge in [0.2, 0.25) is 5.82 Å². The van der Waals surface area contributed by atoms with E-state index in [1.165, 1.54) is 0 Å². The Morgan fingerprint density at radius 1 is 0.944 bits per heavy atom. The van der Waals surface area contributed by atoms with Crippen LogP contribution >= 0.6 is 0 Å². The third-order valence-corrected chi connectivity index (χ3v) is 3.12. The van der Waals surface area contributed by atoms with Gasteiger partial charge in [-0.2, -0.15) is 0 Å². The first-order valence-electron chi connectivity index (χ1n) is 5.47. The van der Waals surface area contributed by atoms with E-state index in [2.05, 4.69) is 0 Å². The lowest BCUT2D eigenvalue weighted by molar-refractivity contribution is 0.377.